The maximum absolute atomic E-state index is 13.5. The third-order valence-corrected chi connectivity index (χ3v) is 6.23. The van der Waals surface area contributed by atoms with Gasteiger partial charge in [0, 0.05) is 11.3 Å². The lowest BCUT2D eigenvalue weighted by molar-refractivity contribution is -0.140. The number of aromatic nitrogens is 3. The van der Waals surface area contributed by atoms with Crippen LogP contribution < -0.4 is 10.1 Å². The van der Waals surface area contributed by atoms with Crippen molar-refractivity contribution in [2.24, 2.45) is 0 Å². The molecule has 0 saturated heterocycles. The number of esters is 1. The molecular weight excluding hydrogens is 448 g/mol. The van der Waals surface area contributed by atoms with Crippen molar-refractivity contribution in [3.8, 4) is 5.75 Å². The van der Waals surface area contributed by atoms with E-state index < -0.39 is 12.0 Å². The van der Waals surface area contributed by atoms with Gasteiger partial charge in [0.1, 0.15) is 18.4 Å². The SMILES string of the molecule is CCCCOc1ccccc1C1C(C(=O)OCc2ccccc2)=C(C)Nc2nc(SCC)nn21. The molecule has 1 N–H and O–H groups in total. The molecule has 0 spiro atoms. The predicted molar refractivity (Wildman–Crippen MR) is 134 cm³/mol. The van der Waals surface area contributed by atoms with E-state index in [1.807, 2.05) is 61.5 Å². The molecule has 0 amide bonds. The molecule has 1 aliphatic heterocycles. The molecule has 8 heteroatoms. The molecule has 3 aromatic rings. The van der Waals surface area contributed by atoms with Gasteiger partial charge in [-0.3, -0.25) is 0 Å². The van der Waals surface area contributed by atoms with Crippen molar-refractivity contribution in [3.63, 3.8) is 0 Å². The summed E-state index contributed by atoms with van der Waals surface area (Å²) < 4.78 is 13.7. The monoisotopic (exact) mass is 478 g/mol. The molecule has 1 aromatic heterocycles. The number of thioether (sulfide) groups is 1. The molecule has 34 heavy (non-hydrogen) atoms. The number of anilines is 1. The quantitative estimate of drug-likeness (QED) is 0.231. The second kappa shape index (κ2) is 11.2. The van der Waals surface area contributed by atoms with E-state index in [1.165, 1.54) is 0 Å². The Morgan fingerprint density at radius 2 is 1.88 bits per heavy atom. The summed E-state index contributed by atoms with van der Waals surface area (Å²) in [4.78, 5) is 18.1. The average Bonchev–Trinajstić information content (AvgIpc) is 3.25. The fraction of sp³-hybridized carbons (Fsp3) is 0.346. The maximum Gasteiger partial charge on any atom is 0.338 e. The molecule has 0 radical (unpaired) electrons. The van der Waals surface area contributed by atoms with E-state index in [2.05, 4.69) is 24.1 Å². The highest BCUT2D eigenvalue weighted by Crippen LogP contribution is 2.40. The van der Waals surface area contributed by atoms with Gasteiger partial charge in [0.25, 0.3) is 0 Å². The first-order chi connectivity index (χ1) is 16.6. The summed E-state index contributed by atoms with van der Waals surface area (Å²) >= 11 is 1.56. The summed E-state index contributed by atoms with van der Waals surface area (Å²) in [6, 6.07) is 17.0. The standard InChI is InChI=1S/C26H30N4O3S/c1-4-6-16-32-21-15-11-10-14-20(21)23-22(24(31)33-17-19-12-8-7-9-13-19)18(3)27-25-28-26(34-5-2)29-30(23)25/h7-15,23H,4-6,16-17H2,1-3H3,(H,27,28,29). The van der Waals surface area contributed by atoms with Crippen LogP contribution in [0.1, 0.15) is 50.8 Å². The first-order valence-corrected chi connectivity index (χ1v) is 12.6. The molecule has 0 saturated carbocycles. The summed E-state index contributed by atoms with van der Waals surface area (Å²) in [6.45, 7) is 6.86. The molecule has 0 fully saturated rings. The number of allylic oxidation sites excluding steroid dienone is 1. The van der Waals surface area contributed by atoms with Crippen molar-refractivity contribution < 1.29 is 14.3 Å². The molecule has 0 aliphatic carbocycles. The van der Waals surface area contributed by atoms with Crippen molar-refractivity contribution in [1.82, 2.24) is 14.8 Å². The number of hydrogen-bond acceptors (Lipinski definition) is 7. The zero-order valence-electron chi connectivity index (χ0n) is 19.8. The number of benzene rings is 2. The Morgan fingerprint density at radius 3 is 2.65 bits per heavy atom. The number of carbonyl (C=O) groups is 1. The lowest BCUT2D eigenvalue weighted by Crippen LogP contribution is -2.30. The van der Waals surface area contributed by atoms with Crippen molar-refractivity contribution in [2.75, 3.05) is 17.7 Å². The third-order valence-electron chi connectivity index (χ3n) is 5.51. The number of hydrogen-bond donors (Lipinski definition) is 1. The van der Waals surface area contributed by atoms with Gasteiger partial charge in [-0.25, -0.2) is 9.48 Å². The average molecular weight is 479 g/mol. The minimum absolute atomic E-state index is 0.193. The van der Waals surface area contributed by atoms with Crippen molar-refractivity contribution in [2.45, 2.75) is 51.4 Å². The van der Waals surface area contributed by atoms with Crippen molar-refractivity contribution >= 4 is 23.7 Å². The highest BCUT2D eigenvalue weighted by atomic mass is 32.2. The second-order valence-electron chi connectivity index (χ2n) is 7.96. The summed E-state index contributed by atoms with van der Waals surface area (Å²) in [5, 5.41) is 8.64. The number of nitrogens with zero attached hydrogens (tertiary/aromatic N) is 3. The molecule has 1 unspecified atom stereocenters. The predicted octanol–water partition coefficient (Wildman–Crippen LogP) is 5.60. The number of ether oxygens (including phenoxy) is 2. The Bertz CT molecular complexity index is 1160. The lowest BCUT2D eigenvalue weighted by Gasteiger charge is -2.29. The Kier molecular flexibility index (Phi) is 7.90. The summed E-state index contributed by atoms with van der Waals surface area (Å²) in [6.07, 6.45) is 1.99. The van der Waals surface area contributed by atoms with Gasteiger partial charge < -0.3 is 14.8 Å². The number of unbranched alkanes of at least 4 members (excludes halogenated alkanes) is 1. The van der Waals surface area contributed by atoms with Crippen LogP contribution in [0.4, 0.5) is 5.95 Å². The topological polar surface area (TPSA) is 78.3 Å². The van der Waals surface area contributed by atoms with Crippen molar-refractivity contribution in [3.05, 3.63) is 77.0 Å². The summed E-state index contributed by atoms with van der Waals surface area (Å²) in [7, 11) is 0. The van der Waals surface area contributed by atoms with Crippen LogP contribution in [0.25, 0.3) is 0 Å². The van der Waals surface area contributed by atoms with Crippen LogP contribution in [-0.4, -0.2) is 33.1 Å². The van der Waals surface area contributed by atoms with Crippen LogP contribution in [0.3, 0.4) is 0 Å². The Hall–Kier alpha value is -3.26. The molecule has 0 bridgehead atoms. The largest absolute Gasteiger partial charge is 0.493 e. The fourth-order valence-corrected chi connectivity index (χ4v) is 4.39. The van der Waals surface area contributed by atoms with Gasteiger partial charge in [0.15, 0.2) is 0 Å². The Balaban J connectivity index is 1.72. The minimum atomic E-state index is -0.518. The van der Waals surface area contributed by atoms with E-state index in [9.17, 15) is 4.79 Å². The Labute approximate surface area is 204 Å². The molecule has 4 rings (SSSR count). The van der Waals surface area contributed by atoms with Gasteiger partial charge in [-0.05, 0) is 30.7 Å². The van der Waals surface area contributed by atoms with Crippen LogP contribution in [0.15, 0.2) is 71.0 Å². The van der Waals surface area contributed by atoms with Gasteiger partial charge >= 0.3 is 5.97 Å². The molecule has 178 valence electrons. The number of rotatable bonds is 10. The van der Waals surface area contributed by atoms with Crippen LogP contribution in [-0.2, 0) is 16.1 Å². The van der Waals surface area contributed by atoms with Crippen LogP contribution in [0, 0.1) is 0 Å². The molecule has 2 aromatic carbocycles. The molecule has 2 heterocycles. The third kappa shape index (κ3) is 5.28. The zero-order valence-corrected chi connectivity index (χ0v) is 20.6. The molecular formula is C26H30N4O3S. The number of carbonyl (C=O) groups excluding carboxylic acids is 1. The van der Waals surface area contributed by atoms with E-state index in [0.29, 0.717) is 29.0 Å². The molecule has 1 atom stereocenters. The van der Waals surface area contributed by atoms with Gasteiger partial charge in [-0.1, -0.05) is 80.6 Å². The number of fused-ring (bicyclic) bond motifs is 1. The first-order valence-electron chi connectivity index (χ1n) is 11.6. The fourth-order valence-electron chi connectivity index (χ4n) is 3.84. The van der Waals surface area contributed by atoms with Gasteiger partial charge in [-0.2, -0.15) is 4.98 Å². The van der Waals surface area contributed by atoms with Crippen LogP contribution in [0.5, 0.6) is 5.75 Å². The van der Waals surface area contributed by atoms with Crippen molar-refractivity contribution in [1.29, 1.82) is 0 Å². The normalized spacial score (nSPS) is 15.0. The Morgan fingerprint density at radius 1 is 1.12 bits per heavy atom. The lowest BCUT2D eigenvalue weighted by atomic mass is 9.95. The number of para-hydroxylation sites is 1. The van der Waals surface area contributed by atoms with Gasteiger partial charge in [-0.15, -0.1) is 5.10 Å². The smallest absolute Gasteiger partial charge is 0.338 e. The summed E-state index contributed by atoms with van der Waals surface area (Å²) in [5.74, 6) is 1.79. The van der Waals surface area contributed by atoms with E-state index >= 15 is 0 Å². The maximum atomic E-state index is 13.5. The second-order valence-corrected chi connectivity index (χ2v) is 9.19. The van der Waals surface area contributed by atoms with E-state index in [4.69, 9.17) is 14.6 Å². The number of nitrogens with one attached hydrogen (secondary N) is 1. The van der Waals surface area contributed by atoms with Crippen LogP contribution in [0.2, 0.25) is 0 Å². The minimum Gasteiger partial charge on any atom is -0.493 e. The van der Waals surface area contributed by atoms with E-state index in [1.54, 1.807) is 16.4 Å². The molecule has 1 aliphatic rings. The molecule has 7 nitrogen and oxygen atoms in total. The zero-order chi connectivity index (χ0) is 23.9. The highest BCUT2D eigenvalue weighted by molar-refractivity contribution is 7.99. The van der Waals surface area contributed by atoms with Gasteiger partial charge in [0.05, 0.1) is 12.2 Å². The summed E-state index contributed by atoms with van der Waals surface area (Å²) in [5.41, 5.74) is 2.97. The van der Waals surface area contributed by atoms with Gasteiger partial charge in [0.2, 0.25) is 11.1 Å². The van der Waals surface area contributed by atoms with E-state index in [0.717, 1.165) is 35.5 Å². The van der Waals surface area contributed by atoms with Crippen LogP contribution >= 0.6 is 11.8 Å². The first kappa shape index (κ1) is 23.9. The highest BCUT2D eigenvalue weighted by Gasteiger charge is 2.36. The van der Waals surface area contributed by atoms with E-state index in [-0.39, 0.29) is 6.61 Å².